The maximum absolute atomic E-state index is 14.1. The van der Waals surface area contributed by atoms with E-state index in [4.69, 9.17) is 23.9 Å². The van der Waals surface area contributed by atoms with Crippen LogP contribution >= 0.6 is 11.3 Å². The van der Waals surface area contributed by atoms with E-state index >= 15 is 0 Å². The van der Waals surface area contributed by atoms with Crippen molar-refractivity contribution in [2.45, 2.75) is 46.4 Å². The van der Waals surface area contributed by atoms with E-state index in [1.165, 1.54) is 11.3 Å². The van der Waals surface area contributed by atoms with E-state index in [1.54, 1.807) is 32.4 Å². The fourth-order valence-corrected chi connectivity index (χ4v) is 6.75. The third-order valence-corrected chi connectivity index (χ3v) is 8.82. The molecule has 5 aromatic rings. The highest BCUT2D eigenvalue weighted by atomic mass is 32.1. The summed E-state index contributed by atoms with van der Waals surface area (Å²) in [5.74, 6) is 1.35. The molecule has 0 amide bonds. The van der Waals surface area contributed by atoms with Gasteiger partial charge in [0.2, 0.25) is 0 Å². The van der Waals surface area contributed by atoms with Gasteiger partial charge in [-0.3, -0.25) is 9.36 Å². The summed E-state index contributed by atoms with van der Waals surface area (Å²) in [4.78, 5) is 32.7. The van der Waals surface area contributed by atoms with E-state index < -0.39 is 12.0 Å². The lowest BCUT2D eigenvalue weighted by atomic mass is 9.96. The molecule has 0 radical (unpaired) electrons. The van der Waals surface area contributed by atoms with Gasteiger partial charge in [0.05, 0.1) is 41.7 Å². The Morgan fingerprint density at radius 2 is 1.74 bits per heavy atom. The van der Waals surface area contributed by atoms with Gasteiger partial charge in [0.25, 0.3) is 5.56 Å². The number of ether oxygens (including phenoxy) is 4. The number of benzene rings is 4. The van der Waals surface area contributed by atoms with Crippen LogP contribution in [0.2, 0.25) is 0 Å². The van der Waals surface area contributed by atoms with Gasteiger partial charge in [-0.1, -0.05) is 72.0 Å². The predicted molar refractivity (Wildman–Crippen MR) is 184 cm³/mol. The second-order valence-corrected chi connectivity index (χ2v) is 12.4. The zero-order valence-electron chi connectivity index (χ0n) is 27.0. The number of rotatable bonds is 10. The molecule has 47 heavy (non-hydrogen) atoms. The summed E-state index contributed by atoms with van der Waals surface area (Å²) in [5, 5.41) is 2.29. The fourth-order valence-electron chi connectivity index (χ4n) is 5.71. The number of esters is 1. The first-order chi connectivity index (χ1) is 22.8. The van der Waals surface area contributed by atoms with Gasteiger partial charge in [-0.2, -0.15) is 0 Å². The lowest BCUT2D eigenvalue weighted by Gasteiger charge is -2.25. The molecule has 0 bridgehead atoms. The normalized spacial score (nSPS) is 14.6. The summed E-state index contributed by atoms with van der Waals surface area (Å²) in [7, 11) is 1.59. The second-order valence-electron chi connectivity index (χ2n) is 11.4. The van der Waals surface area contributed by atoms with Crippen molar-refractivity contribution in [3.8, 4) is 17.2 Å². The molecule has 240 valence electrons. The summed E-state index contributed by atoms with van der Waals surface area (Å²) in [6.07, 6.45) is 1.48. The Hall–Kier alpha value is -5.15. The minimum absolute atomic E-state index is 0.259. The number of thiazole rings is 1. The van der Waals surface area contributed by atoms with Crippen LogP contribution in [0.25, 0.3) is 16.8 Å². The van der Waals surface area contributed by atoms with Crippen LogP contribution in [0.5, 0.6) is 17.2 Å². The zero-order chi connectivity index (χ0) is 33.1. The van der Waals surface area contributed by atoms with E-state index in [0.717, 1.165) is 27.5 Å². The summed E-state index contributed by atoms with van der Waals surface area (Å²) < 4.78 is 25.2. The Labute approximate surface area is 276 Å². The number of allylic oxidation sites excluding steroid dienone is 1. The average molecular weight is 649 g/mol. The summed E-state index contributed by atoms with van der Waals surface area (Å²) in [6, 6.07) is 26.7. The van der Waals surface area contributed by atoms with Crippen LogP contribution in [0.15, 0.2) is 106 Å². The maximum atomic E-state index is 14.1. The molecule has 2 heterocycles. The predicted octanol–water partition coefficient (Wildman–Crippen LogP) is 6.33. The Morgan fingerprint density at radius 1 is 0.979 bits per heavy atom. The van der Waals surface area contributed by atoms with Crippen molar-refractivity contribution in [2.24, 2.45) is 4.99 Å². The zero-order valence-corrected chi connectivity index (χ0v) is 27.8. The van der Waals surface area contributed by atoms with Gasteiger partial charge in [-0.05, 0) is 85.5 Å². The first kappa shape index (κ1) is 31.8. The monoisotopic (exact) mass is 648 g/mol. The summed E-state index contributed by atoms with van der Waals surface area (Å²) in [6.45, 7) is 8.19. The number of methoxy groups -OCH3 is 1. The van der Waals surface area contributed by atoms with Crippen molar-refractivity contribution in [2.75, 3.05) is 13.7 Å². The first-order valence-corrected chi connectivity index (χ1v) is 16.3. The number of carbonyl (C=O) groups is 1. The van der Waals surface area contributed by atoms with Gasteiger partial charge < -0.3 is 18.9 Å². The molecule has 4 aromatic carbocycles. The van der Waals surface area contributed by atoms with Gasteiger partial charge in [-0.15, -0.1) is 0 Å². The molecule has 8 nitrogen and oxygen atoms in total. The van der Waals surface area contributed by atoms with Crippen molar-refractivity contribution in [3.63, 3.8) is 0 Å². The van der Waals surface area contributed by atoms with Crippen LogP contribution < -0.4 is 29.1 Å². The molecule has 0 unspecified atom stereocenters. The fraction of sp³-hybridized carbons (Fsp3) is 0.237. The highest BCUT2D eigenvalue weighted by Gasteiger charge is 2.33. The Kier molecular flexibility index (Phi) is 9.26. The summed E-state index contributed by atoms with van der Waals surface area (Å²) in [5.41, 5.74) is 3.17. The van der Waals surface area contributed by atoms with Crippen LogP contribution in [0.3, 0.4) is 0 Å². The molecule has 0 aliphatic carbocycles. The van der Waals surface area contributed by atoms with Gasteiger partial charge in [0.1, 0.15) is 12.4 Å². The molecule has 0 spiro atoms. The van der Waals surface area contributed by atoms with Crippen LogP contribution in [0.1, 0.15) is 50.4 Å². The number of nitrogens with zero attached hydrogens (tertiary/aromatic N) is 2. The van der Waals surface area contributed by atoms with Crippen molar-refractivity contribution in [3.05, 3.63) is 133 Å². The number of carbonyl (C=O) groups excluding carboxylic acids is 1. The van der Waals surface area contributed by atoms with E-state index in [2.05, 4.69) is 24.3 Å². The number of hydrogen-bond donors (Lipinski definition) is 0. The number of fused-ring (bicyclic) bond motifs is 2. The average Bonchev–Trinajstić information content (AvgIpc) is 3.37. The standard InChI is InChI=1S/C38H36N2O6S/c1-6-44-29-17-15-27(16-18-29)35-34(37(42)46-23(2)3)24(4)39-38-40(35)36(41)33(47-38)21-25-14-19-31(32(20-25)43-5)45-22-28-12-9-11-26-10-7-8-13-30(26)28/h7-21,23,35H,6,22H2,1-5H3/b33-21+/t35-/m1/s1. The van der Waals surface area contributed by atoms with Crippen molar-refractivity contribution in [1.82, 2.24) is 4.57 Å². The van der Waals surface area contributed by atoms with Gasteiger partial charge in [0.15, 0.2) is 16.3 Å². The highest BCUT2D eigenvalue weighted by molar-refractivity contribution is 7.07. The molecule has 1 aliphatic rings. The topological polar surface area (TPSA) is 88.4 Å². The Bertz CT molecular complexity index is 2160. The lowest BCUT2D eigenvalue weighted by Crippen LogP contribution is -2.40. The van der Waals surface area contributed by atoms with Crippen molar-refractivity contribution >= 4 is 34.2 Å². The van der Waals surface area contributed by atoms with Crippen LogP contribution in [-0.4, -0.2) is 30.4 Å². The summed E-state index contributed by atoms with van der Waals surface area (Å²) >= 11 is 1.27. The van der Waals surface area contributed by atoms with E-state index in [-0.39, 0.29) is 11.7 Å². The van der Waals surface area contributed by atoms with Crippen LogP contribution in [0, 0.1) is 0 Å². The molecule has 9 heteroatoms. The minimum Gasteiger partial charge on any atom is -0.494 e. The Balaban J connectivity index is 1.36. The minimum atomic E-state index is -0.713. The van der Waals surface area contributed by atoms with Gasteiger partial charge in [0, 0.05) is 0 Å². The van der Waals surface area contributed by atoms with Gasteiger partial charge in [-0.25, -0.2) is 9.79 Å². The first-order valence-electron chi connectivity index (χ1n) is 15.5. The molecule has 0 fully saturated rings. The molecule has 6 rings (SSSR count). The van der Waals surface area contributed by atoms with Crippen molar-refractivity contribution in [1.29, 1.82) is 0 Å². The molecular weight excluding hydrogens is 612 g/mol. The second kappa shape index (κ2) is 13.7. The van der Waals surface area contributed by atoms with Crippen LogP contribution in [0.4, 0.5) is 0 Å². The van der Waals surface area contributed by atoms with Crippen molar-refractivity contribution < 1.29 is 23.7 Å². The quantitative estimate of drug-likeness (QED) is 0.165. The van der Waals surface area contributed by atoms with E-state index in [1.807, 2.05) is 73.7 Å². The molecule has 0 saturated carbocycles. The maximum Gasteiger partial charge on any atom is 0.338 e. The molecule has 1 aliphatic heterocycles. The largest absolute Gasteiger partial charge is 0.494 e. The number of hydrogen-bond acceptors (Lipinski definition) is 8. The SMILES string of the molecule is CCOc1ccc([C@@H]2C(C(=O)OC(C)C)=C(C)N=c3s/c(=C/c4ccc(OCc5cccc6ccccc56)c(OC)c4)c(=O)n32)cc1. The molecule has 1 atom stereocenters. The lowest BCUT2D eigenvalue weighted by molar-refractivity contribution is -0.143. The van der Waals surface area contributed by atoms with Crippen LogP contribution in [-0.2, 0) is 16.1 Å². The molecular formula is C38H36N2O6S. The molecule has 0 saturated heterocycles. The van der Waals surface area contributed by atoms with E-state index in [0.29, 0.717) is 51.1 Å². The van der Waals surface area contributed by atoms with Gasteiger partial charge >= 0.3 is 5.97 Å². The molecule has 1 aromatic heterocycles. The Morgan fingerprint density at radius 3 is 2.49 bits per heavy atom. The number of aromatic nitrogens is 1. The smallest absolute Gasteiger partial charge is 0.338 e. The third-order valence-electron chi connectivity index (χ3n) is 7.84. The third kappa shape index (κ3) is 6.57. The highest BCUT2D eigenvalue weighted by Crippen LogP contribution is 2.33. The van der Waals surface area contributed by atoms with E-state index in [9.17, 15) is 9.59 Å². The molecule has 0 N–H and O–H groups in total.